The van der Waals surface area contributed by atoms with E-state index >= 15 is 0 Å². The maximum atomic E-state index is 13.9. The van der Waals surface area contributed by atoms with Gasteiger partial charge in [-0.15, -0.1) is 0 Å². The number of Topliss-reactive ketones (excluding diaryl/α,β-unsaturated/α-hetero) is 2. The van der Waals surface area contributed by atoms with Gasteiger partial charge >= 0.3 is 17.9 Å². The number of ether oxygens (including phenoxy) is 3. The molecule has 0 radical (unpaired) electrons. The molecule has 1 aromatic rings. The van der Waals surface area contributed by atoms with Crippen LogP contribution >= 0.6 is 0 Å². The van der Waals surface area contributed by atoms with E-state index in [1.54, 1.807) is 51.1 Å². The summed E-state index contributed by atoms with van der Waals surface area (Å²) in [5.41, 5.74) is -1.94. The molecule has 0 bridgehead atoms. The predicted octanol–water partition coefficient (Wildman–Crippen LogP) is 3.39. The molecule has 210 valence electrons. The molecule has 2 aliphatic carbocycles. The summed E-state index contributed by atoms with van der Waals surface area (Å²) in [6.45, 7) is 12.6. The molecule has 7 atom stereocenters. The van der Waals surface area contributed by atoms with Crippen molar-refractivity contribution in [2.75, 3.05) is 0 Å². The topological polar surface area (TPSA) is 133 Å². The van der Waals surface area contributed by atoms with Crippen LogP contribution in [0.3, 0.4) is 0 Å². The predicted molar refractivity (Wildman–Crippen MR) is 140 cm³/mol. The van der Waals surface area contributed by atoms with Crippen molar-refractivity contribution >= 4 is 29.5 Å². The zero-order valence-corrected chi connectivity index (χ0v) is 23.1. The SMILES string of the molecule is C=CC(=C[C@H]1C(=O)[C@H](OC(C)=O)C[C@H]2C(C)(C)[C@H](O)[C@H](OC(C)=O)[C@H](OC(=O)c3ccccc3)[C@]12C)C(C)=O. The Balaban J connectivity index is 2.29. The number of ketones is 2. The van der Waals surface area contributed by atoms with Gasteiger partial charge in [-0.3, -0.25) is 19.2 Å². The molecule has 1 N–H and O–H groups in total. The van der Waals surface area contributed by atoms with Crippen molar-refractivity contribution in [2.24, 2.45) is 22.7 Å². The lowest BCUT2D eigenvalue weighted by Crippen LogP contribution is -2.71. The fraction of sp³-hybridized carbons (Fsp3) is 0.500. The Morgan fingerprint density at radius 3 is 2.08 bits per heavy atom. The third-order valence-corrected chi connectivity index (χ3v) is 8.20. The fourth-order valence-corrected chi connectivity index (χ4v) is 6.28. The summed E-state index contributed by atoms with van der Waals surface area (Å²) in [4.78, 5) is 63.8. The highest BCUT2D eigenvalue weighted by atomic mass is 16.6. The minimum absolute atomic E-state index is 0.0268. The molecule has 2 fully saturated rings. The fourth-order valence-electron chi connectivity index (χ4n) is 6.28. The van der Waals surface area contributed by atoms with Crippen molar-refractivity contribution in [2.45, 2.75) is 72.4 Å². The van der Waals surface area contributed by atoms with Crippen molar-refractivity contribution in [1.82, 2.24) is 0 Å². The van der Waals surface area contributed by atoms with Gasteiger partial charge in [-0.2, -0.15) is 0 Å². The average molecular weight is 541 g/mol. The molecule has 9 heteroatoms. The number of carbonyl (C=O) groups is 5. The van der Waals surface area contributed by atoms with Crippen LogP contribution in [0.1, 0.15) is 58.3 Å². The molecular weight excluding hydrogens is 504 g/mol. The first-order valence-electron chi connectivity index (χ1n) is 12.8. The van der Waals surface area contributed by atoms with Gasteiger partial charge < -0.3 is 19.3 Å². The van der Waals surface area contributed by atoms with Crippen LogP contribution in [0.25, 0.3) is 0 Å². The molecule has 1 aromatic carbocycles. The van der Waals surface area contributed by atoms with Gasteiger partial charge in [0.1, 0.15) is 12.2 Å². The van der Waals surface area contributed by atoms with Crippen LogP contribution in [-0.4, -0.2) is 59.0 Å². The first-order valence-corrected chi connectivity index (χ1v) is 12.8. The molecule has 0 unspecified atom stereocenters. The monoisotopic (exact) mass is 540 g/mol. The van der Waals surface area contributed by atoms with Crippen LogP contribution in [0.4, 0.5) is 0 Å². The van der Waals surface area contributed by atoms with Gasteiger partial charge in [0, 0.05) is 30.8 Å². The van der Waals surface area contributed by atoms with Crippen molar-refractivity contribution in [3.8, 4) is 0 Å². The molecule has 3 rings (SSSR count). The highest BCUT2D eigenvalue weighted by Gasteiger charge is 2.69. The quantitative estimate of drug-likeness (QED) is 0.239. The molecule has 9 nitrogen and oxygen atoms in total. The van der Waals surface area contributed by atoms with Crippen LogP contribution in [-0.2, 0) is 33.4 Å². The zero-order valence-electron chi connectivity index (χ0n) is 23.1. The lowest BCUT2D eigenvalue weighted by atomic mass is 9.45. The second-order valence-corrected chi connectivity index (χ2v) is 11.0. The number of carbonyl (C=O) groups excluding carboxylic acids is 5. The van der Waals surface area contributed by atoms with Gasteiger partial charge in [-0.1, -0.05) is 57.7 Å². The number of esters is 3. The Morgan fingerprint density at radius 1 is 0.974 bits per heavy atom. The van der Waals surface area contributed by atoms with E-state index in [-0.39, 0.29) is 23.3 Å². The van der Waals surface area contributed by atoms with Gasteiger partial charge in [0.05, 0.1) is 5.56 Å². The van der Waals surface area contributed by atoms with Crippen LogP contribution < -0.4 is 0 Å². The lowest BCUT2D eigenvalue weighted by Gasteiger charge is -2.62. The first kappa shape index (κ1) is 30.0. The minimum atomic E-state index is -1.33. The maximum Gasteiger partial charge on any atom is 0.338 e. The van der Waals surface area contributed by atoms with E-state index in [9.17, 15) is 29.1 Å². The summed E-state index contributed by atoms with van der Waals surface area (Å²) in [5, 5.41) is 11.5. The second-order valence-electron chi connectivity index (χ2n) is 11.0. The summed E-state index contributed by atoms with van der Waals surface area (Å²) in [7, 11) is 0. The van der Waals surface area contributed by atoms with Gasteiger partial charge in [-0.05, 0) is 36.8 Å². The number of allylic oxidation sites excluding steroid dienone is 3. The molecule has 0 aromatic heterocycles. The van der Waals surface area contributed by atoms with Crippen LogP contribution in [0.15, 0.2) is 54.6 Å². The Morgan fingerprint density at radius 2 is 1.56 bits per heavy atom. The summed E-state index contributed by atoms with van der Waals surface area (Å²) in [6, 6.07) is 8.16. The summed E-state index contributed by atoms with van der Waals surface area (Å²) in [5.74, 6) is -4.68. The van der Waals surface area contributed by atoms with Crippen molar-refractivity contribution in [3.05, 3.63) is 60.2 Å². The van der Waals surface area contributed by atoms with E-state index in [0.29, 0.717) is 0 Å². The highest BCUT2D eigenvalue weighted by molar-refractivity contribution is 5.98. The summed E-state index contributed by atoms with van der Waals surface area (Å²) in [6.07, 6.45) is -2.31. The van der Waals surface area contributed by atoms with E-state index in [1.165, 1.54) is 32.9 Å². The zero-order chi connectivity index (χ0) is 29.3. The van der Waals surface area contributed by atoms with E-state index in [4.69, 9.17) is 14.2 Å². The number of hydrogen-bond donors (Lipinski definition) is 1. The smallest absolute Gasteiger partial charge is 0.338 e. The standard InChI is InChI=1S/C30H36O9/c1-8-19(16(2)31)14-21-24(34)22(37-17(3)32)15-23-29(5,6)26(35)25(38-18(4)33)27(30(21,23)7)39-28(36)20-12-10-9-11-13-20/h8-14,21-23,25-27,35H,1,15H2,2-7H3/t21-,22+,23-,25-,26+,27-,30+/m0/s1. The van der Waals surface area contributed by atoms with E-state index in [1.807, 2.05) is 0 Å². The van der Waals surface area contributed by atoms with Crippen molar-refractivity contribution in [1.29, 1.82) is 0 Å². The van der Waals surface area contributed by atoms with Crippen molar-refractivity contribution in [3.63, 3.8) is 0 Å². The first-order chi connectivity index (χ1) is 18.2. The Labute approximate surface area is 228 Å². The molecule has 0 saturated heterocycles. The van der Waals surface area contributed by atoms with Gasteiger partial charge in [0.2, 0.25) is 0 Å². The number of aliphatic hydroxyl groups is 1. The highest BCUT2D eigenvalue weighted by Crippen LogP contribution is 2.61. The minimum Gasteiger partial charge on any atom is -0.456 e. The van der Waals surface area contributed by atoms with Crippen LogP contribution in [0.5, 0.6) is 0 Å². The molecule has 2 saturated carbocycles. The third kappa shape index (κ3) is 5.59. The summed E-state index contributed by atoms with van der Waals surface area (Å²) >= 11 is 0. The molecule has 0 spiro atoms. The normalized spacial score (nSPS) is 31.9. The van der Waals surface area contributed by atoms with Gasteiger partial charge in [0.25, 0.3) is 0 Å². The molecule has 0 amide bonds. The molecule has 0 heterocycles. The molecular formula is C30H36O9. The molecule has 39 heavy (non-hydrogen) atoms. The number of rotatable bonds is 7. The number of fused-ring (bicyclic) bond motifs is 1. The summed E-state index contributed by atoms with van der Waals surface area (Å²) < 4.78 is 17.0. The number of benzene rings is 1. The Kier molecular flexibility index (Phi) is 8.65. The maximum absolute atomic E-state index is 13.9. The van der Waals surface area contributed by atoms with E-state index in [2.05, 4.69) is 6.58 Å². The number of aliphatic hydroxyl groups excluding tert-OH is 1. The molecule has 2 aliphatic rings. The Hall–Kier alpha value is -3.59. The molecule has 0 aliphatic heterocycles. The number of hydrogen-bond acceptors (Lipinski definition) is 9. The Bertz CT molecular complexity index is 1200. The van der Waals surface area contributed by atoms with Crippen LogP contribution in [0.2, 0.25) is 0 Å². The van der Waals surface area contributed by atoms with Crippen molar-refractivity contribution < 1.29 is 43.3 Å². The van der Waals surface area contributed by atoms with E-state index < -0.39 is 70.8 Å². The van der Waals surface area contributed by atoms with E-state index in [0.717, 1.165) is 0 Å². The van der Waals surface area contributed by atoms with Gasteiger partial charge in [0.15, 0.2) is 23.8 Å². The third-order valence-electron chi connectivity index (χ3n) is 8.20. The van der Waals surface area contributed by atoms with Gasteiger partial charge in [-0.25, -0.2) is 4.79 Å². The second kappa shape index (κ2) is 11.3. The average Bonchev–Trinajstić information content (AvgIpc) is 2.86. The van der Waals surface area contributed by atoms with Crippen LogP contribution in [0, 0.1) is 22.7 Å². The lowest BCUT2D eigenvalue weighted by molar-refractivity contribution is -0.252. The largest absolute Gasteiger partial charge is 0.456 e.